The summed E-state index contributed by atoms with van der Waals surface area (Å²) in [6.07, 6.45) is -3.79. The summed E-state index contributed by atoms with van der Waals surface area (Å²) in [5.74, 6) is 0.172. The molecule has 0 amide bonds. The molecule has 0 radical (unpaired) electrons. The van der Waals surface area contributed by atoms with Gasteiger partial charge in [0.05, 0.1) is 7.11 Å². The van der Waals surface area contributed by atoms with Crippen LogP contribution < -0.4 is 10.1 Å². The van der Waals surface area contributed by atoms with Crippen molar-refractivity contribution in [2.45, 2.75) is 25.6 Å². The zero-order valence-electron chi connectivity index (χ0n) is 10.1. The van der Waals surface area contributed by atoms with Gasteiger partial charge >= 0.3 is 6.18 Å². The minimum Gasteiger partial charge on any atom is -0.496 e. The summed E-state index contributed by atoms with van der Waals surface area (Å²) in [5.41, 5.74) is 0.00551. The van der Waals surface area contributed by atoms with Gasteiger partial charge in [-0.1, -0.05) is 18.5 Å². The van der Waals surface area contributed by atoms with Crippen LogP contribution in [0.15, 0.2) is 18.2 Å². The lowest BCUT2D eigenvalue weighted by Gasteiger charge is -2.23. The lowest BCUT2D eigenvalue weighted by molar-refractivity contribution is -0.158. The number of ether oxygens (including phenoxy) is 1. The van der Waals surface area contributed by atoms with E-state index in [9.17, 15) is 13.2 Å². The molecular weight excluding hydrogens is 267 g/mol. The Hall–Kier alpha value is -0.940. The van der Waals surface area contributed by atoms with Crippen molar-refractivity contribution in [3.8, 4) is 5.75 Å². The summed E-state index contributed by atoms with van der Waals surface area (Å²) >= 11 is 5.75. The van der Waals surface area contributed by atoms with Crippen LogP contribution in [-0.2, 0) is 0 Å². The van der Waals surface area contributed by atoms with Crippen LogP contribution in [0.25, 0.3) is 0 Å². The predicted octanol–water partition coefficient (Wildman–Crippen LogP) is 3.95. The van der Waals surface area contributed by atoms with Crippen LogP contribution in [0.1, 0.15) is 24.9 Å². The molecule has 0 heterocycles. The van der Waals surface area contributed by atoms with Crippen LogP contribution in [0.5, 0.6) is 5.75 Å². The molecule has 0 aliphatic heterocycles. The van der Waals surface area contributed by atoms with Crippen molar-refractivity contribution in [3.05, 3.63) is 28.8 Å². The normalized spacial score (nSPS) is 13.4. The Morgan fingerprint density at radius 1 is 1.39 bits per heavy atom. The third-order valence-electron chi connectivity index (χ3n) is 2.43. The highest BCUT2D eigenvalue weighted by atomic mass is 35.5. The largest absolute Gasteiger partial charge is 0.496 e. The van der Waals surface area contributed by atoms with E-state index in [0.29, 0.717) is 6.42 Å². The average molecular weight is 282 g/mol. The fourth-order valence-electron chi connectivity index (χ4n) is 1.62. The molecule has 0 fully saturated rings. The highest BCUT2D eigenvalue weighted by Crippen LogP contribution is 2.38. The van der Waals surface area contributed by atoms with Crippen LogP contribution >= 0.6 is 11.6 Å². The van der Waals surface area contributed by atoms with E-state index < -0.39 is 12.2 Å². The third-order valence-corrected chi connectivity index (χ3v) is 2.66. The first-order valence-corrected chi connectivity index (χ1v) is 5.91. The molecule has 1 aromatic carbocycles. The first kappa shape index (κ1) is 15.1. The van der Waals surface area contributed by atoms with Crippen molar-refractivity contribution in [1.29, 1.82) is 0 Å². The molecule has 0 aromatic heterocycles. The quantitative estimate of drug-likeness (QED) is 0.882. The fraction of sp³-hybridized carbons (Fsp3) is 0.500. The molecule has 1 aromatic rings. The van der Waals surface area contributed by atoms with E-state index in [-0.39, 0.29) is 22.9 Å². The van der Waals surface area contributed by atoms with Crippen LogP contribution in [0.2, 0.25) is 5.02 Å². The molecule has 0 saturated heterocycles. The van der Waals surface area contributed by atoms with E-state index in [0.717, 1.165) is 0 Å². The number of alkyl halides is 3. The second-order valence-corrected chi connectivity index (χ2v) is 4.25. The number of nitrogens with one attached hydrogen (secondary N) is 1. The summed E-state index contributed by atoms with van der Waals surface area (Å²) < 4.78 is 44.0. The van der Waals surface area contributed by atoms with Gasteiger partial charge in [-0.2, -0.15) is 13.2 Å². The SMILES string of the molecule is CCCNC(c1cc(Cl)ccc1OC)C(F)(F)F. The maximum Gasteiger partial charge on any atom is 0.408 e. The number of benzene rings is 1. The van der Waals surface area contributed by atoms with Crippen molar-refractivity contribution in [2.24, 2.45) is 0 Å². The van der Waals surface area contributed by atoms with Gasteiger partial charge < -0.3 is 10.1 Å². The molecule has 0 saturated carbocycles. The van der Waals surface area contributed by atoms with E-state index in [1.807, 2.05) is 0 Å². The summed E-state index contributed by atoms with van der Waals surface area (Å²) in [6, 6.07) is 2.44. The van der Waals surface area contributed by atoms with Gasteiger partial charge in [0.25, 0.3) is 0 Å². The van der Waals surface area contributed by atoms with E-state index in [2.05, 4.69) is 5.32 Å². The Morgan fingerprint density at radius 3 is 2.56 bits per heavy atom. The number of halogens is 4. The molecule has 1 N–H and O–H groups in total. The summed E-state index contributed by atoms with van der Waals surface area (Å²) in [7, 11) is 1.33. The van der Waals surface area contributed by atoms with E-state index in [4.69, 9.17) is 16.3 Å². The molecule has 102 valence electrons. The molecule has 1 atom stereocenters. The van der Waals surface area contributed by atoms with Crippen molar-refractivity contribution in [2.75, 3.05) is 13.7 Å². The van der Waals surface area contributed by atoms with Gasteiger partial charge in [-0.25, -0.2) is 0 Å². The molecule has 6 heteroatoms. The van der Waals surface area contributed by atoms with Crippen molar-refractivity contribution in [1.82, 2.24) is 5.32 Å². The topological polar surface area (TPSA) is 21.3 Å². The first-order chi connectivity index (χ1) is 8.40. The molecule has 1 unspecified atom stereocenters. The Balaban J connectivity index is 3.15. The van der Waals surface area contributed by atoms with Crippen molar-refractivity contribution >= 4 is 11.6 Å². The molecule has 0 aliphatic carbocycles. The highest BCUT2D eigenvalue weighted by molar-refractivity contribution is 6.30. The minimum atomic E-state index is -4.40. The lowest BCUT2D eigenvalue weighted by atomic mass is 10.0. The van der Waals surface area contributed by atoms with Gasteiger partial charge in [0, 0.05) is 10.6 Å². The Morgan fingerprint density at radius 2 is 2.06 bits per heavy atom. The highest BCUT2D eigenvalue weighted by Gasteiger charge is 2.41. The first-order valence-electron chi connectivity index (χ1n) is 5.53. The van der Waals surface area contributed by atoms with E-state index in [1.165, 1.54) is 25.3 Å². The fourth-order valence-corrected chi connectivity index (χ4v) is 1.80. The summed E-state index contributed by atoms with van der Waals surface area (Å²) in [4.78, 5) is 0. The molecule has 1 rings (SSSR count). The van der Waals surface area contributed by atoms with Crippen LogP contribution in [0.3, 0.4) is 0 Å². The standard InChI is InChI=1S/C12H15ClF3NO/c1-3-6-17-11(12(14,15)16)9-7-8(13)4-5-10(9)18-2/h4-5,7,11,17H,3,6H2,1-2H3. The number of hydrogen-bond acceptors (Lipinski definition) is 2. The number of rotatable bonds is 5. The van der Waals surface area contributed by atoms with Gasteiger partial charge in [0.2, 0.25) is 0 Å². The summed E-state index contributed by atoms with van der Waals surface area (Å²) in [6.45, 7) is 2.06. The van der Waals surface area contributed by atoms with Crippen molar-refractivity contribution in [3.63, 3.8) is 0 Å². The van der Waals surface area contributed by atoms with E-state index >= 15 is 0 Å². The third kappa shape index (κ3) is 3.78. The molecule has 0 aliphatic rings. The maximum absolute atomic E-state index is 13.0. The van der Waals surface area contributed by atoms with Gasteiger partial charge in [0.1, 0.15) is 11.8 Å². The maximum atomic E-state index is 13.0. The van der Waals surface area contributed by atoms with Crippen LogP contribution in [-0.4, -0.2) is 19.8 Å². The smallest absolute Gasteiger partial charge is 0.408 e. The molecular formula is C12H15ClF3NO. The molecule has 2 nitrogen and oxygen atoms in total. The van der Waals surface area contributed by atoms with Crippen molar-refractivity contribution < 1.29 is 17.9 Å². The predicted molar refractivity (Wildman–Crippen MR) is 65.1 cm³/mol. The summed E-state index contributed by atoms with van der Waals surface area (Å²) in [5, 5.41) is 2.71. The molecule has 0 bridgehead atoms. The van der Waals surface area contributed by atoms with Crippen LogP contribution in [0, 0.1) is 0 Å². The van der Waals surface area contributed by atoms with Gasteiger partial charge in [-0.15, -0.1) is 0 Å². The molecule has 0 spiro atoms. The monoisotopic (exact) mass is 281 g/mol. The van der Waals surface area contributed by atoms with Gasteiger partial charge in [-0.3, -0.25) is 0 Å². The second-order valence-electron chi connectivity index (χ2n) is 3.82. The number of hydrogen-bond donors (Lipinski definition) is 1. The number of methoxy groups -OCH3 is 1. The Kier molecular flexibility index (Phi) is 5.28. The van der Waals surface area contributed by atoms with Gasteiger partial charge in [-0.05, 0) is 31.2 Å². The van der Waals surface area contributed by atoms with E-state index in [1.54, 1.807) is 6.92 Å². The lowest BCUT2D eigenvalue weighted by Crippen LogP contribution is -2.34. The second kappa shape index (κ2) is 6.29. The zero-order valence-corrected chi connectivity index (χ0v) is 10.9. The van der Waals surface area contributed by atoms with Gasteiger partial charge in [0.15, 0.2) is 0 Å². The zero-order chi connectivity index (χ0) is 13.8. The molecule has 18 heavy (non-hydrogen) atoms. The Labute approximate surface area is 109 Å². The Bertz CT molecular complexity index is 395. The van der Waals surface area contributed by atoms with Crippen LogP contribution in [0.4, 0.5) is 13.2 Å². The average Bonchev–Trinajstić information content (AvgIpc) is 2.28. The minimum absolute atomic E-state index is 0.00551.